The average molecular weight is 423 g/mol. The van der Waals surface area contributed by atoms with E-state index < -0.39 is 27.9 Å². The molecular weight excluding hydrogens is 400 g/mol. The Labute approximate surface area is 168 Å². The molecule has 0 saturated carbocycles. The molecule has 0 aliphatic carbocycles. The summed E-state index contributed by atoms with van der Waals surface area (Å²) in [5, 5.41) is 1.68. The molecule has 28 heavy (non-hydrogen) atoms. The predicted molar refractivity (Wildman–Crippen MR) is 108 cm³/mol. The molecule has 1 atom stereocenters. The summed E-state index contributed by atoms with van der Waals surface area (Å²) in [6.45, 7) is 0.275. The molecule has 1 aliphatic heterocycles. The fraction of sp³-hybridized carbons (Fsp3) is 0.333. The molecule has 10 heteroatoms. The van der Waals surface area contributed by atoms with E-state index in [9.17, 15) is 18.0 Å². The van der Waals surface area contributed by atoms with E-state index in [-0.39, 0.29) is 10.8 Å². The second-order valence-corrected chi connectivity index (χ2v) is 9.66. The Morgan fingerprint density at radius 1 is 1.18 bits per heavy atom. The van der Waals surface area contributed by atoms with Gasteiger partial charge in [0, 0.05) is 31.9 Å². The largest absolute Gasteiger partial charge is 0.378 e. The molecule has 2 amide bonds. The zero-order valence-electron chi connectivity index (χ0n) is 15.6. The number of nitrogens with zero attached hydrogens (tertiary/aromatic N) is 2. The molecule has 2 heterocycles. The van der Waals surface area contributed by atoms with Crippen LogP contribution >= 0.6 is 11.3 Å². The van der Waals surface area contributed by atoms with Crippen LogP contribution in [0.3, 0.4) is 0 Å². The number of benzene rings is 1. The Morgan fingerprint density at radius 3 is 2.64 bits per heavy atom. The van der Waals surface area contributed by atoms with Crippen molar-refractivity contribution in [2.24, 2.45) is 0 Å². The van der Waals surface area contributed by atoms with Crippen LogP contribution in [0.5, 0.6) is 0 Å². The van der Waals surface area contributed by atoms with Gasteiger partial charge in [0.2, 0.25) is 0 Å². The number of hydrogen-bond donors (Lipinski definition) is 2. The Morgan fingerprint density at radius 2 is 1.96 bits per heavy atom. The number of hydrogen-bond acceptors (Lipinski definition) is 6. The van der Waals surface area contributed by atoms with Crippen LogP contribution < -0.4 is 15.8 Å². The standard InChI is InChI=1S/C18H22N4O4S2/c1-21(2)14-7-3-6-13(12-14)17(23)19-20-18(24)15-8-4-10-22(15)28(25,26)16-9-5-11-27-16/h3,5-7,9,11-12,15H,4,8,10H2,1-2H3,(H,19,23)(H,20,24). The smallest absolute Gasteiger partial charge is 0.269 e. The number of rotatable bonds is 5. The van der Waals surface area contributed by atoms with Crippen molar-refractivity contribution in [1.29, 1.82) is 0 Å². The highest BCUT2D eigenvalue weighted by Gasteiger charge is 2.40. The van der Waals surface area contributed by atoms with Crippen molar-refractivity contribution in [3.63, 3.8) is 0 Å². The molecule has 1 unspecified atom stereocenters. The molecule has 1 aromatic heterocycles. The lowest BCUT2D eigenvalue weighted by Crippen LogP contribution is -2.51. The van der Waals surface area contributed by atoms with Crippen LogP contribution in [-0.4, -0.2) is 51.2 Å². The number of amides is 2. The van der Waals surface area contributed by atoms with Crippen molar-refractivity contribution >= 4 is 38.9 Å². The minimum Gasteiger partial charge on any atom is -0.378 e. The maximum Gasteiger partial charge on any atom is 0.269 e. The molecule has 0 radical (unpaired) electrons. The number of carbonyl (C=O) groups excluding carboxylic acids is 2. The van der Waals surface area contributed by atoms with Crippen LogP contribution in [0.1, 0.15) is 23.2 Å². The van der Waals surface area contributed by atoms with Crippen LogP contribution in [-0.2, 0) is 14.8 Å². The van der Waals surface area contributed by atoms with Crippen LogP contribution in [0.4, 0.5) is 5.69 Å². The first kappa shape index (κ1) is 20.3. The van der Waals surface area contributed by atoms with Crippen molar-refractivity contribution < 1.29 is 18.0 Å². The van der Waals surface area contributed by atoms with Gasteiger partial charge in [-0.25, -0.2) is 8.42 Å². The van der Waals surface area contributed by atoms with Crippen molar-refractivity contribution in [2.45, 2.75) is 23.1 Å². The molecule has 1 aromatic carbocycles. The van der Waals surface area contributed by atoms with Gasteiger partial charge in [-0.05, 0) is 42.5 Å². The van der Waals surface area contributed by atoms with Crippen LogP contribution in [0.15, 0.2) is 46.0 Å². The first-order chi connectivity index (χ1) is 13.3. The van der Waals surface area contributed by atoms with Crippen molar-refractivity contribution in [3.8, 4) is 0 Å². The fourth-order valence-corrected chi connectivity index (χ4v) is 5.79. The molecule has 1 fully saturated rings. The Hall–Kier alpha value is -2.43. The van der Waals surface area contributed by atoms with Crippen LogP contribution in [0.2, 0.25) is 0 Å². The molecule has 8 nitrogen and oxygen atoms in total. The van der Waals surface area contributed by atoms with E-state index in [2.05, 4.69) is 10.9 Å². The van der Waals surface area contributed by atoms with Gasteiger partial charge in [-0.3, -0.25) is 20.4 Å². The van der Waals surface area contributed by atoms with E-state index in [0.29, 0.717) is 18.4 Å². The molecular formula is C18H22N4O4S2. The number of thiophene rings is 1. The third-order valence-electron chi connectivity index (χ3n) is 4.49. The zero-order chi connectivity index (χ0) is 20.3. The van der Waals surface area contributed by atoms with Gasteiger partial charge in [-0.2, -0.15) is 4.31 Å². The number of anilines is 1. The van der Waals surface area contributed by atoms with Gasteiger partial charge < -0.3 is 4.90 Å². The Balaban J connectivity index is 1.66. The second kappa shape index (κ2) is 8.29. The molecule has 2 aromatic rings. The van der Waals surface area contributed by atoms with Gasteiger partial charge in [-0.15, -0.1) is 11.3 Å². The van der Waals surface area contributed by atoms with Gasteiger partial charge in [0.1, 0.15) is 10.3 Å². The lowest BCUT2D eigenvalue weighted by atomic mass is 10.2. The summed E-state index contributed by atoms with van der Waals surface area (Å²) in [5.41, 5.74) is 5.98. The minimum atomic E-state index is -3.72. The summed E-state index contributed by atoms with van der Waals surface area (Å²) in [7, 11) is 0.00258. The lowest BCUT2D eigenvalue weighted by Gasteiger charge is -2.22. The summed E-state index contributed by atoms with van der Waals surface area (Å²) in [6.07, 6.45) is 0.990. The third-order valence-corrected chi connectivity index (χ3v) is 7.77. The summed E-state index contributed by atoms with van der Waals surface area (Å²) >= 11 is 1.11. The van der Waals surface area contributed by atoms with E-state index in [1.807, 2.05) is 25.1 Å². The molecule has 0 bridgehead atoms. The average Bonchev–Trinajstić information content (AvgIpc) is 3.38. The highest BCUT2D eigenvalue weighted by molar-refractivity contribution is 7.91. The Bertz CT molecular complexity index is 958. The first-order valence-electron chi connectivity index (χ1n) is 8.73. The van der Waals surface area contributed by atoms with Gasteiger partial charge >= 0.3 is 0 Å². The van der Waals surface area contributed by atoms with Gasteiger partial charge in [0.25, 0.3) is 21.8 Å². The van der Waals surface area contributed by atoms with E-state index in [1.165, 1.54) is 10.4 Å². The number of sulfonamides is 1. The maximum atomic E-state index is 12.7. The summed E-state index contributed by atoms with van der Waals surface area (Å²) < 4.78 is 26.9. The van der Waals surface area contributed by atoms with E-state index in [0.717, 1.165) is 17.0 Å². The van der Waals surface area contributed by atoms with E-state index >= 15 is 0 Å². The number of carbonyl (C=O) groups is 2. The predicted octanol–water partition coefficient (Wildman–Crippen LogP) is 1.43. The zero-order valence-corrected chi connectivity index (χ0v) is 17.2. The molecule has 1 saturated heterocycles. The molecule has 3 rings (SSSR count). The van der Waals surface area contributed by atoms with Gasteiger partial charge in [-0.1, -0.05) is 12.1 Å². The molecule has 0 spiro atoms. The third kappa shape index (κ3) is 4.18. The van der Waals surface area contributed by atoms with Gasteiger partial charge in [0.15, 0.2) is 0 Å². The number of nitrogens with one attached hydrogen (secondary N) is 2. The van der Waals surface area contributed by atoms with Crippen molar-refractivity contribution in [2.75, 3.05) is 25.5 Å². The van der Waals surface area contributed by atoms with Crippen molar-refractivity contribution in [3.05, 3.63) is 47.3 Å². The van der Waals surface area contributed by atoms with E-state index in [1.54, 1.807) is 29.6 Å². The number of hydrazine groups is 1. The second-order valence-electron chi connectivity index (χ2n) is 6.59. The summed E-state index contributed by atoms with van der Waals surface area (Å²) in [6, 6.07) is 9.28. The Kier molecular flexibility index (Phi) is 6.01. The topological polar surface area (TPSA) is 98.8 Å². The first-order valence-corrected chi connectivity index (χ1v) is 11.1. The molecule has 1 aliphatic rings. The minimum absolute atomic E-state index is 0.205. The van der Waals surface area contributed by atoms with Crippen LogP contribution in [0, 0.1) is 0 Å². The summed E-state index contributed by atoms with van der Waals surface area (Å²) in [5.74, 6) is -1.02. The summed E-state index contributed by atoms with van der Waals surface area (Å²) in [4.78, 5) is 26.7. The fourth-order valence-electron chi connectivity index (χ4n) is 3.01. The van der Waals surface area contributed by atoms with Gasteiger partial charge in [0.05, 0.1) is 0 Å². The lowest BCUT2D eigenvalue weighted by molar-refractivity contribution is -0.125. The monoisotopic (exact) mass is 422 g/mol. The van der Waals surface area contributed by atoms with E-state index in [4.69, 9.17) is 0 Å². The maximum absolute atomic E-state index is 12.7. The van der Waals surface area contributed by atoms with Crippen LogP contribution in [0.25, 0.3) is 0 Å². The highest BCUT2D eigenvalue weighted by atomic mass is 32.2. The normalized spacial score (nSPS) is 17.3. The van der Waals surface area contributed by atoms with Crippen molar-refractivity contribution in [1.82, 2.24) is 15.2 Å². The highest BCUT2D eigenvalue weighted by Crippen LogP contribution is 2.28. The molecule has 2 N–H and O–H groups in total. The quantitative estimate of drug-likeness (QED) is 0.711. The SMILES string of the molecule is CN(C)c1cccc(C(=O)NNC(=O)C2CCCN2S(=O)(=O)c2cccs2)c1. The molecule has 150 valence electrons.